The fourth-order valence-corrected chi connectivity index (χ4v) is 2.74. The zero-order chi connectivity index (χ0) is 17.4. The Morgan fingerprint density at radius 1 is 1.50 bits per heavy atom. The first kappa shape index (κ1) is 18.7. The molecule has 1 atom stereocenters. The third-order valence-corrected chi connectivity index (χ3v) is 4.17. The number of rotatable bonds is 8. The van der Waals surface area contributed by atoms with E-state index in [1.54, 1.807) is 7.11 Å². The Morgan fingerprint density at radius 2 is 2.33 bits per heavy atom. The predicted octanol–water partition coefficient (Wildman–Crippen LogP) is 1.86. The van der Waals surface area contributed by atoms with E-state index in [0.29, 0.717) is 31.6 Å². The monoisotopic (exact) mass is 338 g/mol. The van der Waals surface area contributed by atoms with E-state index in [2.05, 4.69) is 34.2 Å². The van der Waals surface area contributed by atoms with Crippen LogP contribution in [0.2, 0.25) is 0 Å². The van der Waals surface area contributed by atoms with E-state index in [1.165, 1.54) is 0 Å². The molecule has 0 amide bonds. The summed E-state index contributed by atoms with van der Waals surface area (Å²) >= 11 is 0. The smallest absolute Gasteiger partial charge is 0.194 e. The van der Waals surface area contributed by atoms with E-state index < -0.39 is 0 Å². The number of nitrogens with one attached hydrogen (secondary N) is 1. The lowest BCUT2D eigenvalue weighted by Gasteiger charge is -2.21. The van der Waals surface area contributed by atoms with Crippen LogP contribution in [0.15, 0.2) is 15.6 Å². The summed E-state index contributed by atoms with van der Waals surface area (Å²) in [5.74, 6) is 2.65. The summed E-state index contributed by atoms with van der Waals surface area (Å²) in [5, 5.41) is 7.44. The molecule has 7 nitrogen and oxygen atoms in total. The Labute approximate surface area is 144 Å². The highest BCUT2D eigenvalue weighted by molar-refractivity contribution is 5.80. The molecule has 0 bridgehead atoms. The second-order valence-corrected chi connectivity index (χ2v) is 6.44. The summed E-state index contributed by atoms with van der Waals surface area (Å²) < 4.78 is 16.0. The summed E-state index contributed by atoms with van der Waals surface area (Å²) in [4.78, 5) is 6.65. The standard InChI is InChI=1S/C17H30N4O3/c1-13(2)16-9-15(24-20-16)10-19-17(18-3)21-6-5-14(11-21)12-23-8-7-22-4/h9,13-14H,5-8,10-12H2,1-4H3,(H,18,19). The minimum atomic E-state index is 0.374. The third kappa shape index (κ3) is 5.49. The largest absolute Gasteiger partial charge is 0.382 e. The number of likely N-dealkylation sites (tertiary alicyclic amines) is 1. The topological polar surface area (TPSA) is 72.1 Å². The Balaban J connectivity index is 1.75. The maximum absolute atomic E-state index is 5.64. The average molecular weight is 338 g/mol. The second-order valence-electron chi connectivity index (χ2n) is 6.44. The van der Waals surface area contributed by atoms with Gasteiger partial charge in [0.15, 0.2) is 11.7 Å². The van der Waals surface area contributed by atoms with Gasteiger partial charge in [-0.2, -0.15) is 0 Å². The van der Waals surface area contributed by atoms with Gasteiger partial charge >= 0.3 is 0 Å². The van der Waals surface area contributed by atoms with Crippen molar-refractivity contribution in [1.82, 2.24) is 15.4 Å². The van der Waals surface area contributed by atoms with Crippen molar-refractivity contribution in [2.75, 3.05) is 47.1 Å². The number of aliphatic imine (C=N–C) groups is 1. The van der Waals surface area contributed by atoms with Gasteiger partial charge in [0, 0.05) is 39.2 Å². The normalized spacial score (nSPS) is 18.6. The van der Waals surface area contributed by atoms with Crippen LogP contribution in [-0.4, -0.2) is 63.1 Å². The Kier molecular flexibility index (Phi) is 7.52. The van der Waals surface area contributed by atoms with E-state index in [4.69, 9.17) is 14.0 Å². The molecule has 0 spiro atoms. The van der Waals surface area contributed by atoms with E-state index >= 15 is 0 Å². The molecular formula is C17H30N4O3. The van der Waals surface area contributed by atoms with E-state index in [-0.39, 0.29) is 0 Å². The van der Waals surface area contributed by atoms with Gasteiger partial charge in [0.05, 0.1) is 32.1 Å². The van der Waals surface area contributed by atoms with Crippen molar-refractivity contribution in [3.05, 3.63) is 17.5 Å². The van der Waals surface area contributed by atoms with Crippen LogP contribution in [-0.2, 0) is 16.0 Å². The van der Waals surface area contributed by atoms with Crippen LogP contribution < -0.4 is 5.32 Å². The number of hydrogen-bond acceptors (Lipinski definition) is 5. The number of nitrogens with zero attached hydrogens (tertiary/aromatic N) is 3. The van der Waals surface area contributed by atoms with Crippen molar-refractivity contribution in [2.24, 2.45) is 10.9 Å². The molecular weight excluding hydrogens is 308 g/mol. The van der Waals surface area contributed by atoms with Crippen LogP contribution in [0.3, 0.4) is 0 Å². The van der Waals surface area contributed by atoms with Crippen molar-refractivity contribution < 1.29 is 14.0 Å². The molecule has 7 heteroatoms. The van der Waals surface area contributed by atoms with Crippen molar-refractivity contribution in [2.45, 2.75) is 32.7 Å². The maximum atomic E-state index is 5.64. The molecule has 2 rings (SSSR count). The molecule has 136 valence electrons. The van der Waals surface area contributed by atoms with E-state index in [0.717, 1.165) is 43.5 Å². The third-order valence-electron chi connectivity index (χ3n) is 4.17. The molecule has 1 saturated heterocycles. The lowest BCUT2D eigenvalue weighted by Crippen LogP contribution is -2.39. The van der Waals surface area contributed by atoms with Gasteiger partial charge in [-0.15, -0.1) is 0 Å². The molecule has 1 N–H and O–H groups in total. The first-order chi connectivity index (χ1) is 11.6. The van der Waals surface area contributed by atoms with Crippen molar-refractivity contribution >= 4 is 5.96 Å². The van der Waals surface area contributed by atoms with Crippen molar-refractivity contribution in [1.29, 1.82) is 0 Å². The zero-order valence-corrected chi connectivity index (χ0v) is 15.2. The summed E-state index contributed by atoms with van der Waals surface area (Å²) in [7, 11) is 3.50. The number of aromatic nitrogens is 1. The van der Waals surface area contributed by atoms with E-state index in [9.17, 15) is 0 Å². The molecule has 0 aliphatic carbocycles. The SMILES string of the molecule is CN=C(NCc1cc(C(C)C)no1)N1CCC(COCCOC)C1. The molecule has 0 aromatic carbocycles. The molecule has 1 aromatic heterocycles. The van der Waals surface area contributed by atoms with Gasteiger partial charge < -0.3 is 24.2 Å². The second kappa shape index (κ2) is 9.64. The Morgan fingerprint density at radius 3 is 3.00 bits per heavy atom. The fourth-order valence-electron chi connectivity index (χ4n) is 2.74. The Bertz CT molecular complexity index is 516. The molecule has 1 aromatic rings. The van der Waals surface area contributed by atoms with Crippen molar-refractivity contribution in [3.63, 3.8) is 0 Å². The molecule has 2 heterocycles. The molecule has 24 heavy (non-hydrogen) atoms. The number of hydrogen-bond donors (Lipinski definition) is 1. The van der Waals surface area contributed by atoms with Crippen LogP contribution in [0.1, 0.15) is 37.6 Å². The van der Waals surface area contributed by atoms with Crippen LogP contribution in [0.25, 0.3) is 0 Å². The minimum absolute atomic E-state index is 0.374. The van der Waals surface area contributed by atoms with Gasteiger partial charge in [-0.1, -0.05) is 19.0 Å². The maximum Gasteiger partial charge on any atom is 0.194 e. The molecule has 1 unspecified atom stereocenters. The first-order valence-corrected chi connectivity index (χ1v) is 8.61. The summed E-state index contributed by atoms with van der Waals surface area (Å²) in [5.41, 5.74) is 0.983. The van der Waals surface area contributed by atoms with Crippen LogP contribution in [0, 0.1) is 5.92 Å². The lowest BCUT2D eigenvalue weighted by molar-refractivity contribution is 0.0536. The van der Waals surface area contributed by atoms with Gasteiger partial charge in [-0.05, 0) is 12.3 Å². The lowest BCUT2D eigenvalue weighted by atomic mass is 10.1. The summed E-state index contributed by atoms with van der Waals surface area (Å²) in [6.45, 7) is 8.83. The van der Waals surface area contributed by atoms with Gasteiger partial charge in [-0.3, -0.25) is 4.99 Å². The van der Waals surface area contributed by atoms with Gasteiger partial charge in [0.25, 0.3) is 0 Å². The molecule has 0 saturated carbocycles. The fraction of sp³-hybridized carbons (Fsp3) is 0.765. The highest BCUT2D eigenvalue weighted by Gasteiger charge is 2.25. The highest BCUT2D eigenvalue weighted by Crippen LogP contribution is 2.17. The molecule has 1 aliphatic rings. The average Bonchev–Trinajstić information content (AvgIpc) is 3.22. The van der Waals surface area contributed by atoms with Crippen LogP contribution in [0.5, 0.6) is 0 Å². The highest BCUT2D eigenvalue weighted by atomic mass is 16.5. The molecule has 1 fully saturated rings. The predicted molar refractivity (Wildman–Crippen MR) is 93.2 cm³/mol. The first-order valence-electron chi connectivity index (χ1n) is 8.61. The number of methoxy groups -OCH3 is 1. The van der Waals surface area contributed by atoms with Crippen molar-refractivity contribution in [3.8, 4) is 0 Å². The van der Waals surface area contributed by atoms with Crippen LogP contribution in [0.4, 0.5) is 0 Å². The zero-order valence-electron chi connectivity index (χ0n) is 15.2. The van der Waals surface area contributed by atoms with Gasteiger partial charge in [0.1, 0.15) is 0 Å². The Hall–Kier alpha value is -1.60. The molecule has 0 radical (unpaired) electrons. The summed E-state index contributed by atoms with van der Waals surface area (Å²) in [6, 6.07) is 2.00. The quantitative estimate of drug-likeness (QED) is 0.443. The number of guanidine groups is 1. The summed E-state index contributed by atoms with van der Waals surface area (Å²) in [6.07, 6.45) is 1.12. The minimum Gasteiger partial charge on any atom is -0.382 e. The molecule has 1 aliphatic heterocycles. The van der Waals surface area contributed by atoms with E-state index in [1.807, 2.05) is 13.1 Å². The van der Waals surface area contributed by atoms with Crippen LogP contribution >= 0.6 is 0 Å². The van der Waals surface area contributed by atoms with Gasteiger partial charge in [-0.25, -0.2) is 0 Å². The number of ether oxygens (including phenoxy) is 2. The van der Waals surface area contributed by atoms with Gasteiger partial charge in [0.2, 0.25) is 0 Å².